The Hall–Kier alpha value is -1.70. The number of hydrogen-bond donors (Lipinski definition) is 1. The van der Waals surface area contributed by atoms with Crippen molar-refractivity contribution in [2.75, 3.05) is 0 Å². The quantitative estimate of drug-likeness (QED) is 0.596. The topological polar surface area (TPSA) is 54.9 Å². The molecule has 0 unspecified atom stereocenters. The fourth-order valence-electron chi connectivity index (χ4n) is 1.96. The molecule has 1 amide bonds. The molecule has 3 rings (SSSR count). The van der Waals surface area contributed by atoms with Gasteiger partial charge in [0.15, 0.2) is 0 Å². The van der Waals surface area contributed by atoms with Crippen molar-refractivity contribution >= 4 is 44.9 Å². The minimum Gasteiger partial charge on any atom is -0.346 e. The number of hydrogen-bond acceptors (Lipinski definition) is 5. The number of rotatable bonds is 6. The first-order valence-electron chi connectivity index (χ1n) is 7.24. The van der Waals surface area contributed by atoms with E-state index in [2.05, 4.69) is 31.4 Å². The van der Waals surface area contributed by atoms with Crippen LogP contribution in [-0.4, -0.2) is 16.1 Å². The van der Waals surface area contributed by atoms with Gasteiger partial charge < -0.3 is 5.32 Å². The summed E-state index contributed by atoms with van der Waals surface area (Å²) in [6, 6.07) is 17.8. The molecule has 0 aliphatic heterocycles. The third-order valence-electron chi connectivity index (χ3n) is 3.14. The van der Waals surface area contributed by atoms with Crippen LogP contribution in [0, 0.1) is 0 Å². The number of amides is 1. The molecule has 2 aromatic carbocycles. The normalized spacial score (nSPS) is 10.5. The molecule has 1 N–H and O–H groups in total. The number of nitrogens with zero attached hydrogens (tertiary/aromatic N) is 2. The van der Waals surface area contributed by atoms with Gasteiger partial charge in [-0.05, 0) is 33.6 Å². The molecule has 0 fully saturated rings. The number of halogens is 1. The average molecular weight is 420 g/mol. The van der Waals surface area contributed by atoms with Gasteiger partial charge in [-0.3, -0.25) is 4.79 Å². The molecule has 0 radical (unpaired) electrons. The van der Waals surface area contributed by atoms with Gasteiger partial charge in [-0.25, -0.2) is 0 Å². The highest BCUT2D eigenvalue weighted by atomic mass is 79.9. The summed E-state index contributed by atoms with van der Waals surface area (Å²) < 4.78 is 1.06. The first-order chi connectivity index (χ1) is 11.7. The third kappa shape index (κ3) is 4.66. The van der Waals surface area contributed by atoms with Gasteiger partial charge in [0.05, 0.1) is 5.75 Å². The van der Waals surface area contributed by atoms with Gasteiger partial charge in [-0.1, -0.05) is 53.8 Å². The van der Waals surface area contributed by atoms with Crippen molar-refractivity contribution < 1.29 is 4.79 Å². The summed E-state index contributed by atoms with van der Waals surface area (Å²) >= 11 is 6.52. The van der Waals surface area contributed by atoms with Crippen molar-refractivity contribution in [1.82, 2.24) is 15.5 Å². The van der Waals surface area contributed by atoms with Gasteiger partial charge in [-0.15, -0.1) is 22.0 Å². The smallest absolute Gasteiger partial charge is 0.282 e. The van der Waals surface area contributed by atoms with Crippen LogP contribution < -0.4 is 5.32 Å². The molecule has 0 bridgehead atoms. The van der Waals surface area contributed by atoms with Crippen molar-refractivity contribution in [1.29, 1.82) is 0 Å². The Morgan fingerprint density at radius 3 is 2.62 bits per heavy atom. The van der Waals surface area contributed by atoms with Crippen LogP contribution in [-0.2, 0) is 12.3 Å². The van der Waals surface area contributed by atoms with E-state index < -0.39 is 0 Å². The second kappa shape index (κ2) is 8.41. The second-order valence-electron chi connectivity index (χ2n) is 4.89. The summed E-state index contributed by atoms with van der Waals surface area (Å²) in [5, 5.41) is 12.2. The molecule has 0 saturated heterocycles. The van der Waals surface area contributed by atoms with E-state index in [1.165, 1.54) is 11.3 Å². The Bertz CT molecular complexity index is 823. The first-order valence-corrected chi connectivity index (χ1v) is 9.84. The van der Waals surface area contributed by atoms with E-state index in [0.717, 1.165) is 19.9 Å². The fourth-order valence-corrected chi connectivity index (χ4v) is 4.27. The lowest BCUT2D eigenvalue weighted by Crippen LogP contribution is -2.22. The maximum absolute atomic E-state index is 12.1. The zero-order valence-electron chi connectivity index (χ0n) is 12.6. The highest BCUT2D eigenvalue weighted by molar-refractivity contribution is 9.10. The minimum atomic E-state index is -0.187. The minimum absolute atomic E-state index is 0.187. The number of thioether (sulfide) groups is 1. The molecule has 0 aliphatic carbocycles. The molecular formula is C17H14BrN3OS2. The zero-order chi connectivity index (χ0) is 16.8. The average Bonchev–Trinajstić information content (AvgIpc) is 3.09. The van der Waals surface area contributed by atoms with E-state index in [4.69, 9.17) is 0 Å². The lowest BCUT2D eigenvalue weighted by molar-refractivity contribution is 0.0950. The van der Waals surface area contributed by atoms with Crippen molar-refractivity contribution in [2.45, 2.75) is 17.2 Å². The van der Waals surface area contributed by atoms with Gasteiger partial charge in [0, 0.05) is 15.9 Å². The van der Waals surface area contributed by atoms with E-state index in [1.807, 2.05) is 54.6 Å². The largest absolute Gasteiger partial charge is 0.346 e. The third-order valence-corrected chi connectivity index (χ3v) is 6.29. The van der Waals surface area contributed by atoms with Gasteiger partial charge in [0.1, 0.15) is 5.01 Å². The zero-order valence-corrected chi connectivity index (χ0v) is 15.8. The van der Waals surface area contributed by atoms with Crippen LogP contribution in [0.2, 0.25) is 0 Å². The number of carbonyl (C=O) groups excluding carboxylic acids is 1. The number of carbonyl (C=O) groups is 1. The van der Waals surface area contributed by atoms with Crippen molar-refractivity contribution in [3.8, 4) is 0 Å². The molecule has 0 spiro atoms. The van der Waals surface area contributed by atoms with Crippen LogP contribution in [0.1, 0.15) is 20.4 Å². The summed E-state index contributed by atoms with van der Waals surface area (Å²) in [4.78, 5) is 13.3. The van der Waals surface area contributed by atoms with Crippen molar-refractivity contribution in [3.05, 3.63) is 74.6 Å². The summed E-state index contributed by atoms with van der Waals surface area (Å²) in [6.07, 6.45) is 0. The lowest BCUT2D eigenvalue weighted by Gasteiger charge is -2.02. The molecule has 4 nitrogen and oxygen atoms in total. The Labute approximate surface area is 156 Å². The summed E-state index contributed by atoms with van der Waals surface area (Å²) in [7, 11) is 0. The number of benzene rings is 2. The lowest BCUT2D eigenvalue weighted by atomic mass is 10.2. The van der Waals surface area contributed by atoms with E-state index in [9.17, 15) is 4.79 Å². The molecule has 0 saturated carbocycles. The standard InChI is InChI=1S/C17H14BrN3OS2/c18-13-8-4-5-9-14(13)23-11-15-20-21-17(24-15)16(22)19-10-12-6-2-1-3-7-12/h1-9H,10-11H2,(H,19,22). The van der Waals surface area contributed by atoms with Crippen LogP contribution in [0.3, 0.4) is 0 Å². The number of aromatic nitrogens is 2. The van der Waals surface area contributed by atoms with E-state index in [1.54, 1.807) is 11.8 Å². The molecule has 0 aliphatic rings. The van der Waals surface area contributed by atoms with Crippen molar-refractivity contribution in [2.24, 2.45) is 0 Å². The summed E-state index contributed by atoms with van der Waals surface area (Å²) in [5.41, 5.74) is 1.06. The maximum Gasteiger partial charge on any atom is 0.282 e. The van der Waals surface area contributed by atoms with Gasteiger partial charge >= 0.3 is 0 Å². The Balaban J connectivity index is 1.55. The summed E-state index contributed by atoms with van der Waals surface area (Å²) in [6.45, 7) is 0.486. The molecule has 1 aromatic heterocycles. The first kappa shape index (κ1) is 17.1. The predicted octanol–water partition coefficient (Wildman–Crippen LogP) is 4.52. The molecule has 122 valence electrons. The molecule has 0 atom stereocenters. The van der Waals surface area contributed by atoms with E-state index in [0.29, 0.717) is 17.3 Å². The van der Waals surface area contributed by atoms with Gasteiger partial charge in [0.2, 0.25) is 5.01 Å². The van der Waals surface area contributed by atoms with Crippen molar-refractivity contribution in [3.63, 3.8) is 0 Å². The van der Waals surface area contributed by atoms with Crippen LogP contribution in [0.5, 0.6) is 0 Å². The molecule has 7 heteroatoms. The second-order valence-corrected chi connectivity index (χ2v) is 7.82. The van der Waals surface area contributed by atoms with E-state index in [-0.39, 0.29) is 5.91 Å². The Morgan fingerprint density at radius 1 is 1.08 bits per heavy atom. The Kier molecular flexibility index (Phi) is 6.01. The predicted molar refractivity (Wildman–Crippen MR) is 101 cm³/mol. The fraction of sp³-hybridized carbons (Fsp3) is 0.118. The highest BCUT2D eigenvalue weighted by Crippen LogP contribution is 2.30. The van der Waals surface area contributed by atoms with Crippen LogP contribution in [0.15, 0.2) is 64.0 Å². The molecule has 24 heavy (non-hydrogen) atoms. The van der Waals surface area contributed by atoms with Crippen LogP contribution >= 0.6 is 39.0 Å². The monoisotopic (exact) mass is 419 g/mol. The Morgan fingerprint density at radius 2 is 1.83 bits per heavy atom. The maximum atomic E-state index is 12.1. The highest BCUT2D eigenvalue weighted by Gasteiger charge is 2.13. The summed E-state index contributed by atoms with van der Waals surface area (Å²) in [5.74, 6) is 0.500. The number of nitrogens with one attached hydrogen (secondary N) is 1. The molecule has 3 aromatic rings. The molecular weight excluding hydrogens is 406 g/mol. The van der Waals surface area contributed by atoms with Gasteiger partial charge in [0.25, 0.3) is 5.91 Å². The molecule has 1 heterocycles. The van der Waals surface area contributed by atoms with E-state index >= 15 is 0 Å². The van der Waals surface area contributed by atoms with Gasteiger partial charge in [-0.2, -0.15) is 0 Å². The van der Waals surface area contributed by atoms with Crippen LogP contribution in [0.25, 0.3) is 0 Å². The van der Waals surface area contributed by atoms with Crippen LogP contribution in [0.4, 0.5) is 0 Å². The SMILES string of the molecule is O=C(NCc1ccccc1)c1nnc(CSc2ccccc2Br)s1.